The van der Waals surface area contributed by atoms with Gasteiger partial charge in [0.25, 0.3) is 0 Å². The van der Waals surface area contributed by atoms with Crippen LogP contribution < -0.4 is 0 Å². The minimum absolute atomic E-state index is 0.00160. The molecule has 1 aliphatic rings. The summed E-state index contributed by atoms with van der Waals surface area (Å²) < 4.78 is 22.2. The Morgan fingerprint density at radius 3 is 2.21 bits per heavy atom. The second-order valence-corrected chi connectivity index (χ2v) is 6.74. The number of rotatable bonds is 3. The van der Waals surface area contributed by atoms with Crippen molar-refractivity contribution in [2.24, 2.45) is 11.8 Å². The minimum atomic E-state index is -3.27. The summed E-state index contributed by atoms with van der Waals surface area (Å²) in [6.07, 6.45) is 2.21. The van der Waals surface area contributed by atoms with Crippen molar-refractivity contribution in [2.75, 3.05) is 19.5 Å². The van der Waals surface area contributed by atoms with Crippen LogP contribution in [0.2, 0.25) is 0 Å². The van der Waals surface area contributed by atoms with Crippen molar-refractivity contribution >= 4 is 9.84 Å². The lowest BCUT2D eigenvalue weighted by molar-refractivity contribution is 0.205. The van der Waals surface area contributed by atoms with Gasteiger partial charge in [-0.15, -0.1) is 0 Å². The molecule has 0 unspecified atom stereocenters. The predicted octanol–water partition coefficient (Wildman–Crippen LogP) is -0.200. The molecule has 0 aromatic heterocycles. The van der Waals surface area contributed by atoms with E-state index in [4.69, 9.17) is 5.11 Å². The van der Waals surface area contributed by atoms with Crippen molar-refractivity contribution < 1.29 is 18.6 Å². The SMILES string of the molecule is C[C@@H]1C[C@H](CO)C[C@]1(CO)S(C)(=O)=O. The van der Waals surface area contributed by atoms with Crippen LogP contribution in [-0.4, -0.2) is 42.8 Å². The fraction of sp³-hybridized carbons (Fsp3) is 1.00. The molecular formula is C9H18O4S. The van der Waals surface area contributed by atoms with Gasteiger partial charge in [0.05, 0.1) is 11.4 Å². The fourth-order valence-electron chi connectivity index (χ4n) is 2.48. The molecule has 0 aliphatic heterocycles. The van der Waals surface area contributed by atoms with E-state index >= 15 is 0 Å². The van der Waals surface area contributed by atoms with Gasteiger partial charge in [0, 0.05) is 12.9 Å². The second-order valence-electron chi connectivity index (χ2n) is 4.38. The van der Waals surface area contributed by atoms with E-state index < -0.39 is 14.6 Å². The van der Waals surface area contributed by atoms with Crippen LogP contribution in [0, 0.1) is 11.8 Å². The van der Waals surface area contributed by atoms with Crippen molar-refractivity contribution in [1.82, 2.24) is 0 Å². The zero-order valence-electron chi connectivity index (χ0n) is 8.60. The van der Waals surface area contributed by atoms with E-state index in [2.05, 4.69) is 0 Å². The zero-order chi connectivity index (χ0) is 11.0. The lowest BCUT2D eigenvalue weighted by Gasteiger charge is -2.29. The molecule has 0 aromatic rings. The van der Waals surface area contributed by atoms with Crippen molar-refractivity contribution in [3.63, 3.8) is 0 Å². The minimum Gasteiger partial charge on any atom is -0.396 e. The summed E-state index contributed by atoms with van der Waals surface area (Å²) in [6, 6.07) is 0. The topological polar surface area (TPSA) is 74.6 Å². The van der Waals surface area contributed by atoms with Crippen LogP contribution in [0.15, 0.2) is 0 Å². The zero-order valence-corrected chi connectivity index (χ0v) is 9.42. The molecule has 3 atom stereocenters. The Balaban J connectivity index is 3.03. The van der Waals surface area contributed by atoms with E-state index in [9.17, 15) is 13.5 Å². The van der Waals surface area contributed by atoms with Crippen LogP contribution >= 0.6 is 0 Å². The molecular weight excluding hydrogens is 204 g/mol. The third-order valence-corrected chi connectivity index (χ3v) is 5.66. The van der Waals surface area contributed by atoms with Gasteiger partial charge in [-0.2, -0.15) is 0 Å². The summed E-state index contributed by atoms with van der Waals surface area (Å²) in [6.45, 7) is 1.48. The molecule has 0 aromatic carbocycles. The lowest BCUT2D eigenvalue weighted by atomic mass is 9.98. The van der Waals surface area contributed by atoms with Crippen molar-refractivity contribution in [1.29, 1.82) is 0 Å². The molecule has 0 amide bonds. The van der Waals surface area contributed by atoms with Crippen molar-refractivity contribution in [3.05, 3.63) is 0 Å². The first-order valence-electron chi connectivity index (χ1n) is 4.78. The highest BCUT2D eigenvalue weighted by atomic mass is 32.2. The van der Waals surface area contributed by atoms with Gasteiger partial charge in [0.2, 0.25) is 0 Å². The van der Waals surface area contributed by atoms with Gasteiger partial charge in [0.15, 0.2) is 9.84 Å². The molecule has 0 radical (unpaired) electrons. The molecule has 14 heavy (non-hydrogen) atoms. The molecule has 1 saturated carbocycles. The third-order valence-electron chi connectivity index (χ3n) is 3.48. The molecule has 84 valence electrons. The highest BCUT2D eigenvalue weighted by Crippen LogP contribution is 2.44. The monoisotopic (exact) mass is 222 g/mol. The Labute approximate surface area is 84.9 Å². The summed E-state index contributed by atoms with van der Waals surface area (Å²) in [5.41, 5.74) is 0. The first-order chi connectivity index (χ1) is 6.37. The van der Waals surface area contributed by atoms with Gasteiger partial charge in [-0.25, -0.2) is 8.42 Å². The van der Waals surface area contributed by atoms with E-state index in [1.54, 1.807) is 0 Å². The van der Waals surface area contributed by atoms with Crippen LogP contribution in [0.25, 0.3) is 0 Å². The van der Waals surface area contributed by atoms with Crippen LogP contribution in [0.1, 0.15) is 19.8 Å². The predicted molar refractivity (Wildman–Crippen MR) is 53.6 cm³/mol. The molecule has 1 aliphatic carbocycles. The van der Waals surface area contributed by atoms with E-state index in [0.29, 0.717) is 12.8 Å². The summed E-state index contributed by atoms with van der Waals surface area (Å²) >= 11 is 0. The van der Waals surface area contributed by atoms with E-state index in [0.717, 1.165) is 0 Å². The molecule has 1 fully saturated rings. The molecule has 2 N–H and O–H groups in total. The standard InChI is InChI=1S/C9H18O4S/c1-7-3-8(5-10)4-9(7,6-11)14(2,12)13/h7-8,10-11H,3-6H2,1-2H3/t7-,8+,9-/m1/s1. The quantitative estimate of drug-likeness (QED) is 0.693. The first-order valence-corrected chi connectivity index (χ1v) is 6.68. The smallest absolute Gasteiger partial charge is 0.155 e. The van der Waals surface area contributed by atoms with Gasteiger partial charge in [-0.3, -0.25) is 0 Å². The van der Waals surface area contributed by atoms with Crippen LogP contribution in [-0.2, 0) is 9.84 Å². The maximum absolute atomic E-state index is 11.6. The Hall–Kier alpha value is -0.130. The summed E-state index contributed by atoms with van der Waals surface area (Å²) in [4.78, 5) is 0. The highest BCUT2D eigenvalue weighted by Gasteiger charge is 2.51. The first kappa shape index (κ1) is 11.9. The lowest BCUT2D eigenvalue weighted by Crippen LogP contribution is -2.44. The summed E-state index contributed by atoms with van der Waals surface area (Å²) in [7, 11) is -3.27. The number of hydrogen-bond donors (Lipinski definition) is 2. The number of hydrogen-bond acceptors (Lipinski definition) is 4. The second kappa shape index (κ2) is 3.79. The largest absolute Gasteiger partial charge is 0.396 e. The van der Waals surface area contributed by atoms with Crippen LogP contribution in [0.5, 0.6) is 0 Å². The average molecular weight is 222 g/mol. The molecule has 0 bridgehead atoms. The summed E-state index contributed by atoms with van der Waals surface area (Å²) in [5.74, 6) is -0.0773. The normalized spacial score (nSPS) is 38.9. The molecule has 4 nitrogen and oxygen atoms in total. The van der Waals surface area contributed by atoms with Gasteiger partial charge in [-0.05, 0) is 24.7 Å². The van der Waals surface area contributed by atoms with Gasteiger partial charge < -0.3 is 10.2 Å². The Bertz CT molecular complexity index is 298. The third kappa shape index (κ3) is 1.68. The van der Waals surface area contributed by atoms with Gasteiger partial charge in [-0.1, -0.05) is 6.92 Å². The Morgan fingerprint density at radius 2 is 2.00 bits per heavy atom. The number of aliphatic hydroxyl groups is 2. The van der Waals surface area contributed by atoms with E-state index in [1.807, 2.05) is 6.92 Å². The number of sulfone groups is 1. The highest BCUT2D eigenvalue weighted by molar-refractivity contribution is 7.92. The van der Waals surface area contributed by atoms with Crippen molar-refractivity contribution in [2.45, 2.75) is 24.5 Å². The van der Waals surface area contributed by atoms with E-state index in [-0.39, 0.29) is 25.0 Å². The summed E-state index contributed by atoms with van der Waals surface area (Å²) in [5, 5.41) is 18.3. The molecule has 5 heteroatoms. The van der Waals surface area contributed by atoms with Crippen LogP contribution in [0.3, 0.4) is 0 Å². The van der Waals surface area contributed by atoms with E-state index in [1.165, 1.54) is 6.26 Å². The van der Waals surface area contributed by atoms with Crippen LogP contribution in [0.4, 0.5) is 0 Å². The molecule has 0 saturated heterocycles. The van der Waals surface area contributed by atoms with Crippen molar-refractivity contribution in [3.8, 4) is 0 Å². The maximum Gasteiger partial charge on any atom is 0.155 e. The Kier molecular flexibility index (Phi) is 3.23. The average Bonchev–Trinajstić information content (AvgIpc) is 2.42. The molecule has 0 spiro atoms. The fourth-order valence-corrected chi connectivity index (χ4v) is 4.08. The maximum atomic E-state index is 11.6. The molecule has 1 rings (SSSR count). The Morgan fingerprint density at radius 1 is 1.43 bits per heavy atom. The van der Waals surface area contributed by atoms with Gasteiger partial charge >= 0.3 is 0 Å². The number of aliphatic hydroxyl groups excluding tert-OH is 2. The molecule has 0 heterocycles. The van der Waals surface area contributed by atoms with Gasteiger partial charge in [0.1, 0.15) is 0 Å².